The second-order valence-corrected chi connectivity index (χ2v) is 13.1. The van der Waals surface area contributed by atoms with Crippen molar-refractivity contribution in [2.45, 2.75) is 32.0 Å². The van der Waals surface area contributed by atoms with Crippen molar-refractivity contribution in [2.24, 2.45) is 13.0 Å². The number of hydrogen-bond acceptors (Lipinski definition) is 10. The first-order valence-corrected chi connectivity index (χ1v) is 16.7. The van der Waals surface area contributed by atoms with Gasteiger partial charge in [0.2, 0.25) is 0 Å². The normalized spacial score (nSPS) is 18.4. The van der Waals surface area contributed by atoms with Crippen molar-refractivity contribution in [3.05, 3.63) is 112 Å². The molecule has 3 heterocycles. The van der Waals surface area contributed by atoms with Crippen LogP contribution in [0.25, 0.3) is 17.1 Å². The average Bonchev–Trinajstić information content (AvgIpc) is 3.38. The number of nitrogens with zero attached hydrogens (tertiary/aromatic N) is 5. The zero-order valence-corrected chi connectivity index (χ0v) is 29.6. The van der Waals surface area contributed by atoms with E-state index < -0.39 is 23.3 Å². The number of rotatable bonds is 8. The van der Waals surface area contributed by atoms with Crippen LogP contribution in [-0.2, 0) is 36.1 Å². The third-order valence-corrected chi connectivity index (χ3v) is 10.2. The van der Waals surface area contributed by atoms with Crippen molar-refractivity contribution < 1.29 is 28.9 Å². The van der Waals surface area contributed by atoms with Crippen LogP contribution in [0.1, 0.15) is 23.7 Å². The number of fused-ring (bicyclic) bond motifs is 4. The highest BCUT2D eigenvalue weighted by molar-refractivity contribution is 9.12. The minimum absolute atomic E-state index is 0.0114. The van der Waals surface area contributed by atoms with Crippen LogP contribution in [0.15, 0.2) is 84.1 Å². The highest BCUT2D eigenvalue weighted by Crippen LogP contribution is 2.46. The van der Waals surface area contributed by atoms with E-state index in [1.165, 1.54) is 47.4 Å². The number of phenols is 1. The number of aromatic nitrogens is 5. The summed E-state index contributed by atoms with van der Waals surface area (Å²) in [5, 5.41) is 10.1. The summed E-state index contributed by atoms with van der Waals surface area (Å²) in [7, 11) is 6.03. The van der Waals surface area contributed by atoms with E-state index in [0.717, 1.165) is 4.57 Å². The number of aryl methyl sites for hydroxylation is 2. The van der Waals surface area contributed by atoms with Crippen molar-refractivity contribution in [2.75, 3.05) is 21.3 Å². The largest absolute Gasteiger partial charge is 0.504 e. The molecule has 15 heteroatoms. The maximum absolute atomic E-state index is 14.1. The molecule has 7 rings (SSSR count). The lowest BCUT2D eigenvalue weighted by atomic mass is 9.71. The van der Waals surface area contributed by atoms with E-state index in [9.17, 15) is 29.1 Å². The van der Waals surface area contributed by atoms with Gasteiger partial charge in [0.25, 0.3) is 5.56 Å². The van der Waals surface area contributed by atoms with Crippen molar-refractivity contribution >= 4 is 44.6 Å². The van der Waals surface area contributed by atoms with E-state index in [2.05, 4.69) is 20.9 Å². The zero-order chi connectivity index (χ0) is 36.3. The van der Waals surface area contributed by atoms with Crippen LogP contribution in [0, 0.1) is 5.92 Å². The molecule has 14 nitrogen and oxygen atoms in total. The van der Waals surface area contributed by atoms with Crippen LogP contribution in [-0.4, -0.2) is 61.5 Å². The molecule has 2 aliphatic carbocycles. The summed E-state index contributed by atoms with van der Waals surface area (Å²) in [5.74, 6) is -0.286. The second-order valence-electron chi connectivity index (χ2n) is 12.3. The lowest BCUT2D eigenvalue weighted by molar-refractivity contribution is -0.116. The van der Waals surface area contributed by atoms with Gasteiger partial charge in [-0.25, -0.2) is 28.5 Å². The minimum atomic E-state index is -0.743. The molecule has 4 aromatic rings. The summed E-state index contributed by atoms with van der Waals surface area (Å²) < 4.78 is 21.3. The van der Waals surface area contributed by atoms with Gasteiger partial charge in [-0.05, 0) is 39.2 Å². The van der Waals surface area contributed by atoms with Crippen molar-refractivity contribution in [1.82, 2.24) is 23.5 Å². The number of carbonyl (C=O) groups excluding carboxylic acids is 2. The van der Waals surface area contributed by atoms with E-state index in [1.54, 1.807) is 43.5 Å². The molecule has 2 aromatic heterocycles. The summed E-state index contributed by atoms with van der Waals surface area (Å²) in [5.41, 5.74) is 1.50. The smallest absolute Gasteiger partial charge is 0.347 e. The van der Waals surface area contributed by atoms with Gasteiger partial charge in [-0.1, -0.05) is 24.3 Å². The van der Waals surface area contributed by atoms with Crippen molar-refractivity contribution in [3.8, 4) is 23.0 Å². The Balaban J connectivity index is 1.26. The van der Waals surface area contributed by atoms with E-state index in [4.69, 9.17) is 14.2 Å². The number of Topliss-reactive ketones (excluding diaryl/α,β-unsaturated/α-hetero) is 1. The Bertz CT molecular complexity index is 2490. The van der Waals surface area contributed by atoms with Crippen molar-refractivity contribution in [3.63, 3.8) is 0 Å². The second kappa shape index (κ2) is 12.9. The van der Waals surface area contributed by atoms with Gasteiger partial charge in [-0.2, -0.15) is 0 Å². The number of halogens is 1. The standard InChI is InChI=1S/C36H32BrN5O9/c1-39-26-17-31(51-4)30(50-3)16-24(26)38-23(34(39)46)10-11-40-35(47)41-12-9-19-20(7-5-18-6-8-27(43)29(13-18)49-2)32-21(14-25(19)42(41)36(40)48)33(45)22(37)15-28(32)44/h5-9,13,15-17,20,25,43H,10-12,14H2,1-4H3. The molecular formula is C36H32BrN5O9. The summed E-state index contributed by atoms with van der Waals surface area (Å²) in [6.07, 6.45) is 6.62. The molecule has 262 valence electrons. The number of methoxy groups -OCH3 is 3. The monoisotopic (exact) mass is 757 g/mol. The number of aromatic hydroxyl groups is 1. The van der Waals surface area contributed by atoms with Crippen LogP contribution in [0.3, 0.4) is 0 Å². The Morgan fingerprint density at radius 1 is 0.980 bits per heavy atom. The van der Waals surface area contributed by atoms with E-state index >= 15 is 0 Å². The number of ether oxygens (including phenoxy) is 3. The fourth-order valence-corrected chi connectivity index (χ4v) is 7.54. The first-order valence-electron chi connectivity index (χ1n) is 16.0. The highest BCUT2D eigenvalue weighted by Gasteiger charge is 2.43. The van der Waals surface area contributed by atoms with E-state index in [1.807, 2.05) is 6.08 Å². The quantitative estimate of drug-likeness (QED) is 0.209. The molecule has 0 spiro atoms. The van der Waals surface area contributed by atoms with Crippen LogP contribution in [0.4, 0.5) is 0 Å². The Hall–Kier alpha value is -5.70. The first kappa shape index (κ1) is 33.8. The fraction of sp³-hybridized carbons (Fsp3) is 0.278. The molecule has 0 saturated heterocycles. The Morgan fingerprint density at radius 3 is 2.43 bits per heavy atom. The Morgan fingerprint density at radius 2 is 1.71 bits per heavy atom. The molecule has 1 N–H and O–H groups in total. The molecule has 0 radical (unpaired) electrons. The Kier molecular flexibility index (Phi) is 8.53. The van der Waals surface area contributed by atoms with Gasteiger partial charge < -0.3 is 23.9 Å². The predicted octanol–water partition coefficient (Wildman–Crippen LogP) is 2.97. The van der Waals surface area contributed by atoms with Crippen LogP contribution in [0.5, 0.6) is 23.0 Å². The maximum Gasteiger partial charge on any atom is 0.347 e. The average molecular weight is 759 g/mol. The summed E-state index contributed by atoms with van der Waals surface area (Å²) in [6.45, 7) is -0.0778. The third-order valence-electron chi connectivity index (χ3n) is 9.63. The molecule has 51 heavy (non-hydrogen) atoms. The van der Waals surface area contributed by atoms with Crippen LogP contribution >= 0.6 is 15.9 Å². The molecular weight excluding hydrogens is 726 g/mol. The minimum Gasteiger partial charge on any atom is -0.504 e. The number of phenolic OH excluding ortho intramolecular Hbond substituents is 1. The fourth-order valence-electron chi connectivity index (χ4n) is 7.09. The SMILES string of the molecule is COc1cc(C=CC2C3=CCn4c(=O)n(CCc5nc6cc(OC)c(OC)cc6n(C)c5=O)c(=O)n4C3CC3=C2C(=O)C=C(Br)C3=O)ccc1O. The third kappa shape index (κ3) is 5.48. The number of carbonyl (C=O) groups is 2. The van der Waals surface area contributed by atoms with Crippen molar-refractivity contribution in [1.29, 1.82) is 0 Å². The van der Waals surface area contributed by atoms with Gasteiger partial charge in [0.1, 0.15) is 5.69 Å². The number of hydrogen-bond donors (Lipinski definition) is 1. The molecule has 3 aliphatic rings. The topological polar surface area (TPSA) is 166 Å². The highest BCUT2D eigenvalue weighted by atomic mass is 79.9. The molecule has 0 saturated carbocycles. The predicted molar refractivity (Wildman–Crippen MR) is 190 cm³/mol. The molecule has 2 atom stereocenters. The van der Waals surface area contributed by atoms with Gasteiger partial charge in [-0.3, -0.25) is 14.4 Å². The van der Waals surface area contributed by atoms with E-state index in [0.29, 0.717) is 39.2 Å². The molecule has 2 aromatic carbocycles. The van der Waals surface area contributed by atoms with Gasteiger partial charge in [0, 0.05) is 61.7 Å². The lowest BCUT2D eigenvalue weighted by Gasteiger charge is -2.38. The molecule has 0 amide bonds. The van der Waals surface area contributed by atoms with E-state index in [-0.39, 0.29) is 70.3 Å². The number of benzene rings is 2. The van der Waals surface area contributed by atoms with Gasteiger partial charge in [0.15, 0.2) is 34.6 Å². The van der Waals surface area contributed by atoms with Crippen LogP contribution in [0.2, 0.25) is 0 Å². The maximum atomic E-state index is 14.1. The van der Waals surface area contributed by atoms with Crippen LogP contribution < -0.4 is 31.1 Å². The molecule has 1 aliphatic heterocycles. The zero-order valence-electron chi connectivity index (χ0n) is 28.0. The molecule has 0 fully saturated rings. The number of ketones is 2. The molecule has 2 unspecified atom stereocenters. The summed E-state index contributed by atoms with van der Waals surface area (Å²) in [6, 6.07) is 7.37. The summed E-state index contributed by atoms with van der Waals surface area (Å²) in [4.78, 5) is 72.6. The first-order chi connectivity index (χ1) is 24.5. The molecule has 0 bridgehead atoms. The summed E-state index contributed by atoms with van der Waals surface area (Å²) >= 11 is 3.22. The lowest BCUT2D eigenvalue weighted by Crippen LogP contribution is -2.41. The Labute approximate surface area is 297 Å². The number of allylic oxidation sites excluding steroid dienone is 7. The van der Waals surface area contributed by atoms with Gasteiger partial charge in [-0.15, -0.1) is 0 Å². The van der Waals surface area contributed by atoms with Gasteiger partial charge in [0.05, 0.1) is 49.4 Å². The van der Waals surface area contributed by atoms with Gasteiger partial charge >= 0.3 is 11.4 Å².